The van der Waals surface area contributed by atoms with Crippen LogP contribution >= 0.6 is 11.6 Å². The van der Waals surface area contributed by atoms with Gasteiger partial charge in [0.05, 0.1) is 6.20 Å². The third-order valence-electron chi connectivity index (χ3n) is 2.91. The van der Waals surface area contributed by atoms with Crippen LogP contribution in [-0.4, -0.2) is 12.0 Å². The van der Waals surface area contributed by atoms with Crippen molar-refractivity contribution >= 4 is 11.6 Å². The highest BCUT2D eigenvalue weighted by molar-refractivity contribution is 6.31. The Hall–Kier alpha value is -1.52. The number of aromatic nitrogens is 1. The van der Waals surface area contributed by atoms with Crippen molar-refractivity contribution in [3.8, 4) is 0 Å². The molecule has 1 atom stereocenters. The van der Waals surface area contributed by atoms with Crippen LogP contribution in [0.1, 0.15) is 17.2 Å². The van der Waals surface area contributed by atoms with Gasteiger partial charge in [0.15, 0.2) is 0 Å². The molecule has 0 saturated heterocycles. The zero-order chi connectivity index (χ0) is 13.8. The van der Waals surface area contributed by atoms with Gasteiger partial charge in [-0.2, -0.15) is 0 Å². The van der Waals surface area contributed by atoms with Crippen LogP contribution in [0.2, 0.25) is 5.02 Å². The zero-order valence-corrected chi connectivity index (χ0v) is 11.1. The normalized spacial score (nSPS) is 12.4. The molecule has 2 nitrogen and oxygen atoms in total. The first-order valence-corrected chi connectivity index (χ1v) is 6.19. The molecule has 19 heavy (non-hydrogen) atoms. The molecule has 0 aliphatic rings. The molecule has 100 valence electrons. The molecular weight excluding hydrogens is 270 g/mol. The Kier molecular flexibility index (Phi) is 4.45. The van der Waals surface area contributed by atoms with Crippen LogP contribution in [0.4, 0.5) is 8.78 Å². The maximum Gasteiger partial charge on any atom is 0.141 e. The van der Waals surface area contributed by atoms with Crippen LogP contribution < -0.4 is 5.32 Å². The lowest BCUT2D eigenvalue weighted by molar-refractivity contribution is 0.568. The lowest BCUT2D eigenvalue weighted by atomic mass is 10.00. The Morgan fingerprint density at radius 3 is 2.68 bits per heavy atom. The molecule has 0 aliphatic heterocycles. The summed E-state index contributed by atoms with van der Waals surface area (Å²) in [4.78, 5) is 3.81. The van der Waals surface area contributed by atoms with Crippen LogP contribution in [0.3, 0.4) is 0 Å². The van der Waals surface area contributed by atoms with Gasteiger partial charge in [-0.3, -0.25) is 4.98 Å². The standard InChI is InChI=1S/C14H13ClF2N2/c1-18-14(10-5-12(17)8-19-7-10)6-9-4-11(16)2-3-13(9)15/h2-5,7-8,14,18H,6H2,1H3. The molecule has 5 heteroatoms. The quantitative estimate of drug-likeness (QED) is 0.928. The van der Waals surface area contributed by atoms with Crippen LogP contribution in [-0.2, 0) is 6.42 Å². The molecule has 1 aromatic heterocycles. The minimum atomic E-state index is -0.400. The van der Waals surface area contributed by atoms with E-state index >= 15 is 0 Å². The van der Waals surface area contributed by atoms with Crippen LogP contribution in [0.25, 0.3) is 0 Å². The fourth-order valence-electron chi connectivity index (χ4n) is 1.93. The summed E-state index contributed by atoms with van der Waals surface area (Å²) < 4.78 is 26.4. The van der Waals surface area contributed by atoms with E-state index in [-0.39, 0.29) is 11.9 Å². The number of nitrogens with zero attached hydrogens (tertiary/aromatic N) is 1. The number of halogens is 3. The second kappa shape index (κ2) is 6.08. The van der Waals surface area contributed by atoms with Gasteiger partial charge in [-0.05, 0) is 48.9 Å². The zero-order valence-electron chi connectivity index (χ0n) is 10.3. The Labute approximate surface area is 115 Å². The van der Waals surface area contributed by atoms with Crippen molar-refractivity contribution in [3.63, 3.8) is 0 Å². The van der Waals surface area contributed by atoms with Gasteiger partial charge in [-0.15, -0.1) is 0 Å². The maximum absolute atomic E-state index is 13.2. The van der Waals surface area contributed by atoms with Gasteiger partial charge in [0.2, 0.25) is 0 Å². The van der Waals surface area contributed by atoms with E-state index in [4.69, 9.17) is 11.6 Å². The second-order valence-corrected chi connectivity index (χ2v) is 4.62. The molecule has 0 fully saturated rings. The summed E-state index contributed by atoms with van der Waals surface area (Å²) in [5.74, 6) is -0.741. The van der Waals surface area contributed by atoms with Crippen molar-refractivity contribution in [2.75, 3.05) is 7.05 Å². The summed E-state index contributed by atoms with van der Waals surface area (Å²) >= 11 is 6.03. The molecule has 1 unspecified atom stereocenters. The van der Waals surface area contributed by atoms with E-state index in [1.807, 2.05) is 0 Å². The number of nitrogens with one attached hydrogen (secondary N) is 1. The molecule has 0 bridgehead atoms. The Morgan fingerprint density at radius 1 is 1.21 bits per heavy atom. The van der Waals surface area contributed by atoms with E-state index in [0.29, 0.717) is 22.6 Å². The number of hydrogen-bond donors (Lipinski definition) is 1. The molecule has 0 amide bonds. The molecule has 1 aromatic carbocycles. The Morgan fingerprint density at radius 2 is 2.00 bits per heavy atom. The smallest absolute Gasteiger partial charge is 0.141 e. The number of rotatable bonds is 4. The molecule has 0 radical (unpaired) electrons. The Bertz CT molecular complexity index is 575. The monoisotopic (exact) mass is 282 g/mol. The van der Waals surface area contributed by atoms with Crippen LogP contribution in [0, 0.1) is 11.6 Å². The van der Waals surface area contributed by atoms with Crippen LogP contribution in [0.15, 0.2) is 36.7 Å². The summed E-state index contributed by atoms with van der Waals surface area (Å²) in [6.07, 6.45) is 3.18. The van der Waals surface area contributed by atoms with Crippen molar-refractivity contribution in [1.29, 1.82) is 0 Å². The molecule has 0 saturated carbocycles. The molecule has 1 N–H and O–H groups in total. The fourth-order valence-corrected chi connectivity index (χ4v) is 2.12. The van der Waals surface area contributed by atoms with E-state index in [1.54, 1.807) is 13.2 Å². The summed E-state index contributed by atoms with van der Waals surface area (Å²) in [6.45, 7) is 0. The summed E-state index contributed by atoms with van der Waals surface area (Å²) in [5.41, 5.74) is 1.37. The third kappa shape index (κ3) is 3.49. The highest BCUT2D eigenvalue weighted by Crippen LogP contribution is 2.24. The highest BCUT2D eigenvalue weighted by atomic mass is 35.5. The minimum Gasteiger partial charge on any atom is -0.313 e. The fraction of sp³-hybridized carbons (Fsp3) is 0.214. The van der Waals surface area contributed by atoms with Crippen molar-refractivity contribution in [2.45, 2.75) is 12.5 Å². The summed E-state index contributed by atoms with van der Waals surface area (Å²) in [6, 6.07) is 5.44. The third-order valence-corrected chi connectivity index (χ3v) is 3.28. The van der Waals surface area contributed by atoms with Gasteiger partial charge in [0.25, 0.3) is 0 Å². The first kappa shape index (κ1) is 13.9. The van der Waals surface area contributed by atoms with Crippen molar-refractivity contribution in [2.24, 2.45) is 0 Å². The number of pyridine rings is 1. The van der Waals surface area contributed by atoms with Gasteiger partial charge in [0, 0.05) is 17.3 Å². The van der Waals surface area contributed by atoms with Gasteiger partial charge in [-0.1, -0.05) is 11.6 Å². The average Bonchev–Trinajstić information content (AvgIpc) is 2.39. The SMILES string of the molecule is CNC(Cc1cc(F)ccc1Cl)c1cncc(F)c1. The first-order valence-electron chi connectivity index (χ1n) is 5.82. The molecule has 0 aliphatic carbocycles. The van der Waals surface area contributed by atoms with E-state index in [0.717, 1.165) is 6.20 Å². The molecule has 1 heterocycles. The molecule has 0 spiro atoms. The first-order chi connectivity index (χ1) is 9.10. The minimum absolute atomic E-state index is 0.178. The lowest BCUT2D eigenvalue weighted by Crippen LogP contribution is -2.19. The second-order valence-electron chi connectivity index (χ2n) is 4.22. The maximum atomic E-state index is 13.2. The molecular formula is C14H13ClF2N2. The van der Waals surface area contributed by atoms with Gasteiger partial charge in [-0.25, -0.2) is 8.78 Å². The van der Waals surface area contributed by atoms with Gasteiger partial charge >= 0.3 is 0 Å². The number of hydrogen-bond acceptors (Lipinski definition) is 2. The highest BCUT2D eigenvalue weighted by Gasteiger charge is 2.14. The van der Waals surface area contributed by atoms with Crippen LogP contribution in [0.5, 0.6) is 0 Å². The largest absolute Gasteiger partial charge is 0.313 e. The average molecular weight is 283 g/mol. The summed E-state index contributed by atoms with van der Waals surface area (Å²) in [7, 11) is 1.75. The number of benzene rings is 1. The van der Waals surface area contributed by atoms with E-state index in [9.17, 15) is 8.78 Å². The van der Waals surface area contributed by atoms with E-state index in [2.05, 4.69) is 10.3 Å². The van der Waals surface area contributed by atoms with Crippen molar-refractivity contribution in [3.05, 3.63) is 64.4 Å². The van der Waals surface area contributed by atoms with E-state index in [1.165, 1.54) is 24.3 Å². The molecule has 2 rings (SSSR count). The predicted molar refractivity (Wildman–Crippen MR) is 71.1 cm³/mol. The Balaban J connectivity index is 2.26. The molecule has 2 aromatic rings. The van der Waals surface area contributed by atoms with Crippen molar-refractivity contribution in [1.82, 2.24) is 10.3 Å². The van der Waals surface area contributed by atoms with Crippen molar-refractivity contribution < 1.29 is 8.78 Å². The van der Waals surface area contributed by atoms with Gasteiger partial charge < -0.3 is 5.32 Å². The predicted octanol–water partition coefficient (Wildman–Crippen LogP) is 3.52. The topological polar surface area (TPSA) is 24.9 Å². The van der Waals surface area contributed by atoms with Gasteiger partial charge in [0.1, 0.15) is 11.6 Å². The lowest BCUT2D eigenvalue weighted by Gasteiger charge is -2.17. The number of likely N-dealkylation sites (N-methyl/N-ethyl adjacent to an activating group) is 1. The summed E-state index contributed by atoms with van der Waals surface area (Å²) in [5, 5.41) is 3.54. The van der Waals surface area contributed by atoms with E-state index < -0.39 is 5.82 Å².